The number of rotatable bonds is 5. The summed E-state index contributed by atoms with van der Waals surface area (Å²) in [6.45, 7) is 2.48. The van der Waals surface area contributed by atoms with Crippen molar-refractivity contribution < 1.29 is 4.79 Å². The molecule has 1 atom stereocenters. The van der Waals surface area contributed by atoms with Gasteiger partial charge in [-0.1, -0.05) is 0 Å². The zero-order chi connectivity index (χ0) is 12.4. The van der Waals surface area contributed by atoms with Crippen molar-refractivity contribution in [3.05, 3.63) is 17.5 Å². The molecule has 0 saturated heterocycles. The third kappa shape index (κ3) is 3.30. The molecule has 0 aliphatic heterocycles. The van der Waals surface area contributed by atoms with Crippen LogP contribution in [0.5, 0.6) is 0 Å². The van der Waals surface area contributed by atoms with E-state index in [2.05, 4.69) is 10.4 Å². The molecule has 1 saturated carbocycles. The lowest BCUT2D eigenvalue weighted by Crippen LogP contribution is -2.32. The smallest absolute Gasteiger partial charge is 0.221 e. The van der Waals surface area contributed by atoms with Crippen LogP contribution in [0.3, 0.4) is 0 Å². The fourth-order valence-electron chi connectivity index (χ4n) is 1.99. The van der Waals surface area contributed by atoms with Crippen molar-refractivity contribution in [2.45, 2.75) is 38.8 Å². The van der Waals surface area contributed by atoms with E-state index in [4.69, 9.17) is 5.73 Å². The van der Waals surface area contributed by atoms with Gasteiger partial charge in [0, 0.05) is 37.8 Å². The fourth-order valence-corrected chi connectivity index (χ4v) is 1.99. The molecule has 5 nitrogen and oxygen atoms in total. The summed E-state index contributed by atoms with van der Waals surface area (Å²) in [6, 6.07) is 0.0324. The standard InChI is InChI=1S/C12H20N4O/c1-8-10(7-16(2)15-8)6-14-12(17)5-11(13)9-3-4-9/h7,9,11H,3-6,13H2,1-2H3,(H,14,17). The number of hydrogen-bond acceptors (Lipinski definition) is 3. The number of aryl methyl sites for hydroxylation is 2. The first-order valence-electron chi connectivity index (χ1n) is 6.07. The molecule has 5 heteroatoms. The van der Waals surface area contributed by atoms with E-state index in [0.29, 0.717) is 18.9 Å². The summed E-state index contributed by atoms with van der Waals surface area (Å²) in [5.41, 5.74) is 7.92. The molecule has 1 aliphatic carbocycles. The summed E-state index contributed by atoms with van der Waals surface area (Å²) in [6.07, 6.45) is 4.72. The number of amides is 1. The Balaban J connectivity index is 1.77. The van der Waals surface area contributed by atoms with Gasteiger partial charge in [-0.2, -0.15) is 5.10 Å². The molecule has 1 aromatic rings. The van der Waals surface area contributed by atoms with Gasteiger partial charge >= 0.3 is 0 Å². The second-order valence-corrected chi connectivity index (χ2v) is 4.90. The zero-order valence-electron chi connectivity index (χ0n) is 10.4. The quantitative estimate of drug-likeness (QED) is 0.780. The third-order valence-electron chi connectivity index (χ3n) is 3.24. The lowest BCUT2D eigenvalue weighted by molar-refractivity contribution is -0.121. The second-order valence-electron chi connectivity index (χ2n) is 4.90. The number of aromatic nitrogens is 2. The van der Waals surface area contributed by atoms with Gasteiger partial charge in [0.2, 0.25) is 5.91 Å². The molecule has 3 N–H and O–H groups in total. The van der Waals surface area contributed by atoms with Gasteiger partial charge in [0.15, 0.2) is 0 Å². The fraction of sp³-hybridized carbons (Fsp3) is 0.667. The molecule has 0 aromatic carbocycles. The molecule has 0 radical (unpaired) electrons. The summed E-state index contributed by atoms with van der Waals surface area (Å²) in [7, 11) is 1.88. The SMILES string of the molecule is Cc1nn(C)cc1CNC(=O)CC(N)C1CC1. The Morgan fingerprint density at radius 2 is 2.41 bits per heavy atom. The first-order valence-corrected chi connectivity index (χ1v) is 6.07. The maximum absolute atomic E-state index is 11.7. The Bertz CT molecular complexity index is 409. The molecular formula is C12H20N4O. The van der Waals surface area contributed by atoms with Gasteiger partial charge in [0.25, 0.3) is 0 Å². The Kier molecular flexibility index (Phi) is 3.47. The van der Waals surface area contributed by atoms with Gasteiger partial charge in [-0.05, 0) is 25.7 Å². The number of carbonyl (C=O) groups excluding carboxylic acids is 1. The van der Waals surface area contributed by atoms with Crippen molar-refractivity contribution in [1.82, 2.24) is 15.1 Å². The highest BCUT2D eigenvalue weighted by Crippen LogP contribution is 2.32. The van der Waals surface area contributed by atoms with Crippen LogP contribution in [0.25, 0.3) is 0 Å². The second kappa shape index (κ2) is 4.87. The van der Waals surface area contributed by atoms with E-state index in [1.165, 1.54) is 12.8 Å². The van der Waals surface area contributed by atoms with Gasteiger partial charge in [-0.3, -0.25) is 9.48 Å². The van der Waals surface area contributed by atoms with Gasteiger partial charge in [-0.15, -0.1) is 0 Å². The normalized spacial score (nSPS) is 16.9. The van der Waals surface area contributed by atoms with Crippen LogP contribution in [0.4, 0.5) is 0 Å². The first kappa shape index (κ1) is 12.1. The minimum Gasteiger partial charge on any atom is -0.352 e. The third-order valence-corrected chi connectivity index (χ3v) is 3.24. The molecule has 1 aromatic heterocycles. The molecule has 0 spiro atoms. The lowest BCUT2D eigenvalue weighted by Gasteiger charge is -2.10. The van der Waals surface area contributed by atoms with Crippen LogP contribution in [0.2, 0.25) is 0 Å². The Morgan fingerprint density at radius 1 is 1.71 bits per heavy atom. The van der Waals surface area contributed by atoms with E-state index in [1.807, 2.05) is 20.2 Å². The molecule has 1 heterocycles. The summed E-state index contributed by atoms with van der Waals surface area (Å²) in [5, 5.41) is 7.12. The minimum absolute atomic E-state index is 0.0324. The lowest BCUT2D eigenvalue weighted by atomic mass is 10.1. The van der Waals surface area contributed by atoms with Crippen molar-refractivity contribution in [2.24, 2.45) is 18.7 Å². The largest absolute Gasteiger partial charge is 0.352 e. The summed E-state index contributed by atoms with van der Waals surface area (Å²) >= 11 is 0. The van der Waals surface area contributed by atoms with Crippen LogP contribution in [-0.2, 0) is 18.4 Å². The van der Waals surface area contributed by atoms with Gasteiger partial charge in [-0.25, -0.2) is 0 Å². The van der Waals surface area contributed by atoms with Crippen LogP contribution in [0.1, 0.15) is 30.5 Å². The number of nitrogens with one attached hydrogen (secondary N) is 1. The van der Waals surface area contributed by atoms with Crippen molar-refractivity contribution in [2.75, 3.05) is 0 Å². The average Bonchev–Trinajstić information content (AvgIpc) is 3.03. The Labute approximate surface area is 101 Å². The molecule has 1 amide bonds. The number of carbonyl (C=O) groups is 1. The Hall–Kier alpha value is -1.36. The van der Waals surface area contributed by atoms with E-state index in [1.54, 1.807) is 4.68 Å². The molecular weight excluding hydrogens is 216 g/mol. The number of hydrogen-bond donors (Lipinski definition) is 2. The van der Waals surface area contributed by atoms with Crippen molar-refractivity contribution in [3.63, 3.8) is 0 Å². The van der Waals surface area contributed by atoms with Crippen LogP contribution >= 0.6 is 0 Å². The van der Waals surface area contributed by atoms with Crippen molar-refractivity contribution in [3.8, 4) is 0 Å². The van der Waals surface area contributed by atoms with E-state index >= 15 is 0 Å². The summed E-state index contributed by atoms with van der Waals surface area (Å²) in [5.74, 6) is 0.605. The van der Waals surface area contributed by atoms with Gasteiger partial charge in [0.1, 0.15) is 0 Å². The number of nitrogens with zero attached hydrogens (tertiary/aromatic N) is 2. The predicted molar refractivity (Wildman–Crippen MR) is 65.1 cm³/mol. The first-order chi connectivity index (χ1) is 8.06. The van der Waals surface area contributed by atoms with Crippen molar-refractivity contribution >= 4 is 5.91 Å². The molecule has 17 heavy (non-hydrogen) atoms. The monoisotopic (exact) mass is 236 g/mol. The predicted octanol–water partition coefficient (Wildman–Crippen LogP) is 0.472. The average molecular weight is 236 g/mol. The molecule has 94 valence electrons. The highest BCUT2D eigenvalue weighted by atomic mass is 16.1. The molecule has 1 unspecified atom stereocenters. The highest BCUT2D eigenvalue weighted by Gasteiger charge is 2.29. The Morgan fingerprint density at radius 3 is 2.94 bits per heavy atom. The highest BCUT2D eigenvalue weighted by molar-refractivity contribution is 5.76. The molecule has 0 bridgehead atoms. The van der Waals surface area contributed by atoms with Crippen LogP contribution in [0.15, 0.2) is 6.20 Å². The summed E-state index contributed by atoms with van der Waals surface area (Å²) in [4.78, 5) is 11.7. The van der Waals surface area contributed by atoms with Gasteiger partial charge < -0.3 is 11.1 Å². The zero-order valence-corrected chi connectivity index (χ0v) is 10.4. The van der Waals surface area contributed by atoms with Crippen LogP contribution in [-0.4, -0.2) is 21.7 Å². The minimum atomic E-state index is 0.0324. The number of nitrogens with two attached hydrogens (primary N) is 1. The molecule has 2 rings (SSSR count). The van der Waals surface area contributed by atoms with E-state index in [9.17, 15) is 4.79 Å². The molecule has 1 aliphatic rings. The maximum atomic E-state index is 11.7. The van der Waals surface area contributed by atoms with Crippen LogP contribution in [0, 0.1) is 12.8 Å². The maximum Gasteiger partial charge on any atom is 0.221 e. The summed E-state index contributed by atoms with van der Waals surface area (Å²) < 4.78 is 1.76. The molecule has 1 fully saturated rings. The topological polar surface area (TPSA) is 72.9 Å². The van der Waals surface area contributed by atoms with E-state index < -0.39 is 0 Å². The van der Waals surface area contributed by atoms with Gasteiger partial charge in [0.05, 0.1) is 5.69 Å². The van der Waals surface area contributed by atoms with E-state index in [-0.39, 0.29) is 11.9 Å². The van der Waals surface area contributed by atoms with Crippen molar-refractivity contribution in [1.29, 1.82) is 0 Å². The van der Waals surface area contributed by atoms with Crippen LogP contribution < -0.4 is 11.1 Å². The van der Waals surface area contributed by atoms with E-state index in [0.717, 1.165) is 11.3 Å².